The molecule has 2 rings (SSSR count). The van der Waals surface area contributed by atoms with Gasteiger partial charge in [-0.3, -0.25) is 0 Å². The average Bonchev–Trinajstić information content (AvgIpc) is 2.39. The smallest absolute Gasteiger partial charge is 0.147 e. The first-order valence-corrected chi connectivity index (χ1v) is 6.83. The second kappa shape index (κ2) is 5.89. The molecule has 3 nitrogen and oxygen atoms in total. The number of piperazine rings is 1. The number of pyridine rings is 1. The van der Waals surface area contributed by atoms with Gasteiger partial charge in [0.2, 0.25) is 0 Å². The Bertz CT molecular complexity index is 376. The molecule has 1 fully saturated rings. The van der Waals surface area contributed by atoms with Crippen molar-refractivity contribution in [2.24, 2.45) is 0 Å². The van der Waals surface area contributed by atoms with Gasteiger partial charge in [0, 0.05) is 38.3 Å². The van der Waals surface area contributed by atoms with E-state index in [2.05, 4.69) is 21.7 Å². The van der Waals surface area contributed by atoms with E-state index in [0.717, 1.165) is 44.1 Å². The van der Waals surface area contributed by atoms with Crippen molar-refractivity contribution < 1.29 is 0 Å². The zero-order chi connectivity index (χ0) is 12.3. The Labute approximate surface area is 112 Å². The topological polar surface area (TPSA) is 19.4 Å². The van der Waals surface area contributed by atoms with Crippen LogP contribution in [0.1, 0.15) is 12.5 Å². The summed E-state index contributed by atoms with van der Waals surface area (Å²) in [5.74, 6) is 1.34. The first kappa shape index (κ1) is 12.9. The SMILES string of the molecule is CCN1CCN(c2ncc(CCl)cc2Cl)CC1. The summed E-state index contributed by atoms with van der Waals surface area (Å²) in [4.78, 5) is 9.09. The number of anilines is 1. The van der Waals surface area contributed by atoms with Crippen molar-refractivity contribution in [2.45, 2.75) is 12.8 Å². The Hall–Kier alpha value is -0.510. The van der Waals surface area contributed by atoms with E-state index in [0.29, 0.717) is 10.9 Å². The first-order valence-electron chi connectivity index (χ1n) is 5.92. The first-order chi connectivity index (χ1) is 8.24. The fourth-order valence-corrected chi connectivity index (χ4v) is 2.51. The molecule has 0 aliphatic carbocycles. The van der Waals surface area contributed by atoms with Crippen LogP contribution < -0.4 is 4.90 Å². The summed E-state index contributed by atoms with van der Waals surface area (Å²) in [6, 6.07) is 1.91. The van der Waals surface area contributed by atoms with Crippen molar-refractivity contribution in [2.75, 3.05) is 37.6 Å². The van der Waals surface area contributed by atoms with Gasteiger partial charge in [-0.1, -0.05) is 18.5 Å². The standard InChI is InChI=1S/C12H17Cl2N3/c1-2-16-3-5-17(6-4-16)12-11(14)7-10(8-13)9-15-12/h7,9H,2-6,8H2,1H3. The highest BCUT2D eigenvalue weighted by Crippen LogP contribution is 2.25. The van der Waals surface area contributed by atoms with Crippen LogP contribution in [-0.4, -0.2) is 42.6 Å². The summed E-state index contributed by atoms with van der Waals surface area (Å²) in [7, 11) is 0. The van der Waals surface area contributed by atoms with Crippen LogP contribution in [0.15, 0.2) is 12.3 Å². The summed E-state index contributed by atoms with van der Waals surface area (Å²) in [5, 5.41) is 0.702. The van der Waals surface area contributed by atoms with Crippen LogP contribution in [-0.2, 0) is 5.88 Å². The van der Waals surface area contributed by atoms with Crippen LogP contribution in [0.2, 0.25) is 5.02 Å². The molecule has 2 heterocycles. The molecule has 0 atom stereocenters. The second-order valence-electron chi connectivity index (χ2n) is 4.20. The van der Waals surface area contributed by atoms with Crippen molar-refractivity contribution in [3.05, 3.63) is 22.8 Å². The number of rotatable bonds is 3. The molecule has 0 saturated carbocycles. The number of halogens is 2. The maximum absolute atomic E-state index is 6.24. The van der Waals surface area contributed by atoms with Crippen LogP contribution >= 0.6 is 23.2 Å². The number of nitrogens with zero attached hydrogens (tertiary/aromatic N) is 3. The molecule has 94 valence electrons. The van der Waals surface area contributed by atoms with Gasteiger partial charge in [-0.15, -0.1) is 11.6 Å². The molecular formula is C12H17Cl2N3. The lowest BCUT2D eigenvalue weighted by molar-refractivity contribution is 0.270. The molecule has 5 heteroatoms. The Morgan fingerprint density at radius 2 is 2.00 bits per heavy atom. The molecule has 17 heavy (non-hydrogen) atoms. The predicted octanol–water partition coefficient (Wildman–Crippen LogP) is 2.62. The molecule has 1 aliphatic rings. The van der Waals surface area contributed by atoms with Gasteiger partial charge in [-0.05, 0) is 18.2 Å². The molecule has 1 saturated heterocycles. The van der Waals surface area contributed by atoms with Crippen molar-refractivity contribution in [3.63, 3.8) is 0 Å². The quantitative estimate of drug-likeness (QED) is 0.790. The number of hydrogen-bond donors (Lipinski definition) is 0. The molecule has 0 unspecified atom stereocenters. The number of likely N-dealkylation sites (N-methyl/N-ethyl adjacent to an activating group) is 1. The van der Waals surface area contributed by atoms with Crippen molar-refractivity contribution >= 4 is 29.0 Å². The van der Waals surface area contributed by atoms with Crippen molar-refractivity contribution in [3.8, 4) is 0 Å². The fraction of sp³-hybridized carbons (Fsp3) is 0.583. The van der Waals surface area contributed by atoms with Gasteiger partial charge in [-0.2, -0.15) is 0 Å². The normalized spacial score (nSPS) is 17.5. The summed E-state index contributed by atoms with van der Waals surface area (Å²) < 4.78 is 0. The monoisotopic (exact) mass is 273 g/mol. The lowest BCUT2D eigenvalue weighted by Gasteiger charge is -2.35. The summed E-state index contributed by atoms with van der Waals surface area (Å²) >= 11 is 12.0. The van der Waals surface area contributed by atoms with E-state index < -0.39 is 0 Å². The van der Waals surface area contributed by atoms with Crippen molar-refractivity contribution in [1.29, 1.82) is 0 Å². The molecule has 1 aliphatic heterocycles. The molecule has 0 amide bonds. The van der Waals surface area contributed by atoms with Crippen LogP contribution in [0.4, 0.5) is 5.82 Å². The maximum atomic E-state index is 6.24. The van der Waals surface area contributed by atoms with Gasteiger partial charge in [0.05, 0.1) is 5.02 Å². The minimum absolute atomic E-state index is 0.455. The molecule has 0 N–H and O–H groups in total. The van der Waals surface area contributed by atoms with E-state index in [1.807, 2.05) is 6.07 Å². The average molecular weight is 274 g/mol. The fourth-order valence-electron chi connectivity index (χ4n) is 2.05. The minimum atomic E-state index is 0.455. The van der Waals surface area contributed by atoms with Crippen LogP contribution in [0.5, 0.6) is 0 Å². The highest BCUT2D eigenvalue weighted by atomic mass is 35.5. The third-order valence-corrected chi connectivity index (χ3v) is 3.74. The van der Waals surface area contributed by atoms with Gasteiger partial charge in [-0.25, -0.2) is 4.98 Å². The molecule has 0 radical (unpaired) electrons. The van der Waals surface area contributed by atoms with Crippen LogP contribution in [0.3, 0.4) is 0 Å². The Kier molecular flexibility index (Phi) is 4.48. The highest BCUT2D eigenvalue weighted by molar-refractivity contribution is 6.33. The molecule has 0 spiro atoms. The molecule has 0 bridgehead atoms. The molecular weight excluding hydrogens is 257 g/mol. The molecule has 0 aromatic carbocycles. The summed E-state index contributed by atoms with van der Waals surface area (Å²) in [6.07, 6.45) is 1.81. The zero-order valence-electron chi connectivity index (χ0n) is 9.99. The van der Waals surface area contributed by atoms with Crippen LogP contribution in [0.25, 0.3) is 0 Å². The van der Waals surface area contributed by atoms with E-state index in [1.165, 1.54) is 0 Å². The lowest BCUT2D eigenvalue weighted by atomic mass is 10.2. The number of aromatic nitrogens is 1. The van der Waals surface area contributed by atoms with Gasteiger partial charge >= 0.3 is 0 Å². The third kappa shape index (κ3) is 3.03. The Morgan fingerprint density at radius 1 is 1.29 bits per heavy atom. The van der Waals surface area contributed by atoms with Crippen LogP contribution in [0, 0.1) is 0 Å². The van der Waals surface area contributed by atoms with E-state index in [9.17, 15) is 0 Å². The largest absolute Gasteiger partial charge is 0.353 e. The maximum Gasteiger partial charge on any atom is 0.147 e. The lowest BCUT2D eigenvalue weighted by Crippen LogP contribution is -2.46. The minimum Gasteiger partial charge on any atom is -0.353 e. The number of alkyl halides is 1. The van der Waals surface area contributed by atoms with Gasteiger partial charge in [0.15, 0.2) is 0 Å². The van der Waals surface area contributed by atoms with Gasteiger partial charge in [0.25, 0.3) is 0 Å². The Morgan fingerprint density at radius 3 is 2.53 bits per heavy atom. The number of hydrogen-bond acceptors (Lipinski definition) is 3. The molecule has 1 aromatic heterocycles. The van der Waals surface area contributed by atoms with Gasteiger partial charge in [0.1, 0.15) is 5.82 Å². The van der Waals surface area contributed by atoms with Crippen molar-refractivity contribution in [1.82, 2.24) is 9.88 Å². The van der Waals surface area contributed by atoms with E-state index in [4.69, 9.17) is 23.2 Å². The van der Waals surface area contributed by atoms with E-state index in [-0.39, 0.29) is 0 Å². The van der Waals surface area contributed by atoms with E-state index >= 15 is 0 Å². The Balaban J connectivity index is 2.08. The summed E-state index contributed by atoms with van der Waals surface area (Å²) in [6.45, 7) is 7.43. The zero-order valence-corrected chi connectivity index (χ0v) is 11.5. The van der Waals surface area contributed by atoms with E-state index in [1.54, 1.807) is 6.20 Å². The molecule has 1 aromatic rings. The highest BCUT2D eigenvalue weighted by Gasteiger charge is 2.18. The third-order valence-electron chi connectivity index (χ3n) is 3.15. The van der Waals surface area contributed by atoms with Gasteiger partial charge < -0.3 is 9.80 Å². The second-order valence-corrected chi connectivity index (χ2v) is 4.88. The predicted molar refractivity (Wildman–Crippen MR) is 73.1 cm³/mol. The summed E-state index contributed by atoms with van der Waals surface area (Å²) in [5.41, 5.74) is 0.965.